The molecule has 0 aromatic carbocycles. The number of rotatable bonds is 3. The zero-order chi connectivity index (χ0) is 13.3. The molecule has 0 aliphatic carbocycles. The van der Waals surface area contributed by atoms with E-state index < -0.39 is 0 Å². The summed E-state index contributed by atoms with van der Waals surface area (Å²) >= 11 is 1.66. The average Bonchev–Trinajstić information content (AvgIpc) is 2.76. The second-order valence-electron chi connectivity index (χ2n) is 5.88. The van der Waals surface area contributed by atoms with E-state index in [4.69, 9.17) is 0 Å². The summed E-state index contributed by atoms with van der Waals surface area (Å²) in [6, 6.07) is 0. The largest absolute Gasteiger partial charge is 0.365 e. The Labute approximate surface area is 113 Å². The van der Waals surface area contributed by atoms with E-state index in [0.717, 1.165) is 16.5 Å². The molecule has 0 unspecified atom stereocenters. The van der Waals surface area contributed by atoms with E-state index in [0.29, 0.717) is 5.92 Å². The number of allylic oxidation sites excluding steroid dienone is 1. The molecule has 0 aliphatic heterocycles. The lowest BCUT2D eigenvalue weighted by Gasteiger charge is -2.21. The Morgan fingerprint density at radius 3 is 2.72 bits per heavy atom. The van der Waals surface area contributed by atoms with E-state index in [1.165, 1.54) is 0 Å². The topological polar surface area (TPSA) is 29.3 Å². The Morgan fingerprint density at radius 2 is 2.11 bits per heavy atom. The fourth-order valence-corrected chi connectivity index (χ4v) is 2.40. The van der Waals surface area contributed by atoms with Crippen LogP contribution in [0.3, 0.4) is 0 Å². The first-order valence-electron chi connectivity index (χ1n) is 6.29. The van der Waals surface area contributed by atoms with Gasteiger partial charge in [-0.15, -0.1) is 11.3 Å². The van der Waals surface area contributed by atoms with Gasteiger partial charge < -0.3 is 5.32 Å². The Bertz CT molecular complexity index is 555. The van der Waals surface area contributed by atoms with Crippen molar-refractivity contribution in [1.82, 2.24) is 9.38 Å². The molecule has 0 fully saturated rings. The van der Waals surface area contributed by atoms with E-state index in [9.17, 15) is 0 Å². The lowest BCUT2D eigenvalue weighted by atomic mass is 10.1. The zero-order valence-electron chi connectivity index (χ0n) is 11.7. The quantitative estimate of drug-likeness (QED) is 0.895. The Hall–Kier alpha value is -1.29. The van der Waals surface area contributed by atoms with Crippen LogP contribution in [0.5, 0.6) is 0 Å². The lowest BCUT2D eigenvalue weighted by Crippen LogP contribution is -2.27. The average molecular weight is 263 g/mol. The minimum absolute atomic E-state index is 0.0261. The van der Waals surface area contributed by atoms with E-state index in [1.807, 2.05) is 0 Å². The van der Waals surface area contributed by atoms with Gasteiger partial charge in [0.05, 0.1) is 0 Å². The summed E-state index contributed by atoms with van der Waals surface area (Å²) in [4.78, 5) is 5.69. The van der Waals surface area contributed by atoms with Gasteiger partial charge in [0.2, 0.25) is 0 Å². The highest BCUT2D eigenvalue weighted by molar-refractivity contribution is 7.15. The van der Waals surface area contributed by atoms with Gasteiger partial charge in [-0.05, 0) is 32.8 Å². The van der Waals surface area contributed by atoms with Crippen LogP contribution in [-0.2, 0) is 0 Å². The molecule has 3 nitrogen and oxygen atoms in total. The molecule has 0 saturated carbocycles. The molecule has 4 heteroatoms. The maximum Gasteiger partial charge on any atom is 0.195 e. The highest BCUT2D eigenvalue weighted by Crippen LogP contribution is 2.26. The summed E-state index contributed by atoms with van der Waals surface area (Å²) in [7, 11) is 0. The van der Waals surface area contributed by atoms with Crippen LogP contribution >= 0.6 is 11.3 Å². The van der Waals surface area contributed by atoms with Gasteiger partial charge in [0.1, 0.15) is 11.5 Å². The molecule has 2 rings (SSSR count). The van der Waals surface area contributed by atoms with Crippen molar-refractivity contribution in [2.24, 2.45) is 5.92 Å². The Kier molecular flexibility index (Phi) is 3.48. The van der Waals surface area contributed by atoms with E-state index in [2.05, 4.69) is 73.0 Å². The van der Waals surface area contributed by atoms with Crippen LogP contribution in [0.1, 0.15) is 40.3 Å². The number of hydrogen-bond acceptors (Lipinski definition) is 3. The maximum atomic E-state index is 4.66. The maximum absolute atomic E-state index is 4.66. The second kappa shape index (κ2) is 4.76. The number of nitrogens with one attached hydrogen (secondary N) is 1. The smallest absolute Gasteiger partial charge is 0.195 e. The SMILES string of the molecule is CC(C)/C=C/c1nc2sccn2c1NC(C)(C)C. The lowest BCUT2D eigenvalue weighted by molar-refractivity contribution is 0.629. The summed E-state index contributed by atoms with van der Waals surface area (Å²) in [5.74, 6) is 1.61. The molecule has 0 amide bonds. The van der Waals surface area contributed by atoms with Gasteiger partial charge in [0.25, 0.3) is 0 Å². The standard InChI is InChI=1S/C14H21N3S/c1-10(2)6-7-11-12(16-14(3,4)5)17-8-9-18-13(17)15-11/h6-10,16H,1-5H3/b7-6+. The number of aromatic nitrogens is 2. The van der Waals surface area contributed by atoms with Crippen molar-refractivity contribution < 1.29 is 0 Å². The molecule has 2 aromatic heterocycles. The van der Waals surface area contributed by atoms with Crippen LogP contribution in [0.15, 0.2) is 17.7 Å². The molecule has 1 N–H and O–H groups in total. The van der Waals surface area contributed by atoms with E-state index >= 15 is 0 Å². The molecule has 0 bridgehead atoms. The fraction of sp³-hybridized carbons (Fsp3) is 0.500. The normalized spacial score (nSPS) is 13.0. The number of anilines is 1. The van der Waals surface area contributed by atoms with Gasteiger partial charge >= 0.3 is 0 Å². The van der Waals surface area contributed by atoms with Crippen molar-refractivity contribution in [2.75, 3.05) is 5.32 Å². The summed E-state index contributed by atoms with van der Waals surface area (Å²) in [5.41, 5.74) is 1.05. The first-order valence-corrected chi connectivity index (χ1v) is 7.17. The van der Waals surface area contributed by atoms with Crippen molar-refractivity contribution >= 4 is 28.2 Å². The molecule has 18 heavy (non-hydrogen) atoms. The van der Waals surface area contributed by atoms with Crippen LogP contribution in [-0.4, -0.2) is 14.9 Å². The van der Waals surface area contributed by atoms with Crippen molar-refractivity contribution in [2.45, 2.75) is 40.2 Å². The minimum atomic E-state index is 0.0261. The van der Waals surface area contributed by atoms with E-state index in [-0.39, 0.29) is 5.54 Å². The number of imidazole rings is 1. The summed E-state index contributed by atoms with van der Waals surface area (Å²) in [6.07, 6.45) is 6.35. The van der Waals surface area contributed by atoms with Crippen LogP contribution in [0, 0.1) is 5.92 Å². The summed E-state index contributed by atoms with van der Waals surface area (Å²) in [6.45, 7) is 10.8. The molecule has 0 saturated heterocycles. The molecule has 0 spiro atoms. The molecule has 98 valence electrons. The third-order valence-corrected chi connectivity index (χ3v) is 3.18. The number of hydrogen-bond donors (Lipinski definition) is 1. The number of thiazole rings is 1. The third kappa shape index (κ3) is 2.93. The second-order valence-corrected chi connectivity index (χ2v) is 6.75. The molecule has 0 atom stereocenters. The van der Waals surface area contributed by atoms with Gasteiger partial charge in [-0.3, -0.25) is 4.40 Å². The fourth-order valence-electron chi connectivity index (χ4n) is 1.68. The summed E-state index contributed by atoms with van der Waals surface area (Å²) < 4.78 is 2.12. The van der Waals surface area contributed by atoms with Crippen molar-refractivity contribution in [3.8, 4) is 0 Å². The third-order valence-electron chi connectivity index (χ3n) is 2.42. The molecule has 2 heterocycles. The predicted molar refractivity (Wildman–Crippen MR) is 80.3 cm³/mol. The molecule has 0 radical (unpaired) electrons. The number of fused-ring (bicyclic) bond motifs is 1. The highest BCUT2D eigenvalue weighted by atomic mass is 32.1. The predicted octanol–water partition coefficient (Wildman–Crippen LogP) is 4.28. The van der Waals surface area contributed by atoms with Gasteiger partial charge in [-0.1, -0.05) is 19.9 Å². The van der Waals surface area contributed by atoms with Crippen LogP contribution in [0.2, 0.25) is 0 Å². The van der Waals surface area contributed by atoms with Crippen LogP contribution in [0.4, 0.5) is 5.82 Å². The molecular formula is C14H21N3S. The molecule has 2 aromatic rings. The monoisotopic (exact) mass is 263 g/mol. The van der Waals surface area contributed by atoms with Crippen molar-refractivity contribution in [1.29, 1.82) is 0 Å². The molecule has 0 aliphatic rings. The van der Waals surface area contributed by atoms with Gasteiger partial charge in [-0.25, -0.2) is 4.98 Å². The Morgan fingerprint density at radius 1 is 1.39 bits per heavy atom. The van der Waals surface area contributed by atoms with Gasteiger partial charge in [0.15, 0.2) is 4.96 Å². The minimum Gasteiger partial charge on any atom is -0.365 e. The van der Waals surface area contributed by atoms with Crippen LogP contribution < -0.4 is 5.32 Å². The number of nitrogens with zero attached hydrogens (tertiary/aromatic N) is 2. The van der Waals surface area contributed by atoms with Crippen LogP contribution in [0.25, 0.3) is 11.0 Å². The van der Waals surface area contributed by atoms with Gasteiger partial charge in [-0.2, -0.15) is 0 Å². The highest BCUT2D eigenvalue weighted by Gasteiger charge is 2.17. The van der Waals surface area contributed by atoms with Crippen molar-refractivity contribution in [3.05, 3.63) is 23.3 Å². The van der Waals surface area contributed by atoms with Gasteiger partial charge in [0, 0.05) is 17.1 Å². The zero-order valence-corrected chi connectivity index (χ0v) is 12.5. The first-order chi connectivity index (χ1) is 8.37. The summed E-state index contributed by atoms with van der Waals surface area (Å²) in [5, 5.41) is 5.60. The van der Waals surface area contributed by atoms with Crippen molar-refractivity contribution in [3.63, 3.8) is 0 Å². The first kappa shape index (κ1) is 13.1. The molecular weight excluding hydrogens is 242 g/mol. The van der Waals surface area contributed by atoms with E-state index in [1.54, 1.807) is 11.3 Å². The Balaban J connectivity index is 2.44.